The van der Waals surface area contributed by atoms with Crippen LogP contribution in [0, 0.1) is 0 Å². The van der Waals surface area contributed by atoms with E-state index in [9.17, 15) is 8.42 Å². The number of rotatable bonds is 3. The number of nitrogens with two attached hydrogens (primary N) is 1. The lowest BCUT2D eigenvalue weighted by Crippen LogP contribution is -2.17. The fraction of sp³-hybridized carbons (Fsp3) is 0.176. The standard InChI is InChI=1S/C17H14ClN3O2S/c18-13-6-5-11-2-1-8-20-16(11)15(13)12-7-9-21-17(24(19,22)23)14(12)10-3-4-10/h1-2,5-10H,3-4H2,(H2,19,22,23). The largest absolute Gasteiger partial charge is 0.256 e. The Kier molecular flexibility index (Phi) is 3.56. The molecular formula is C17H14ClN3O2S. The van der Waals surface area contributed by atoms with Crippen molar-refractivity contribution in [3.05, 3.63) is 53.3 Å². The summed E-state index contributed by atoms with van der Waals surface area (Å²) in [4.78, 5) is 8.48. The van der Waals surface area contributed by atoms with Crippen LogP contribution in [0.4, 0.5) is 0 Å². The summed E-state index contributed by atoms with van der Waals surface area (Å²) in [5.41, 5.74) is 2.85. The van der Waals surface area contributed by atoms with E-state index in [0.717, 1.165) is 34.9 Å². The third-order valence-electron chi connectivity index (χ3n) is 4.20. The average Bonchev–Trinajstić information content (AvgIpc) is 3.38. The van der Waals surface area contributed by atoms with Crippen LogP contribution < -0.4 is 5.14 Å². The molecule has 1 saturated carbocycles. The summed E-state index contributed by atoms with van der Waals surface area (Å²) < 4.78 is 24.0. The lowest BCUT2D eigenvalue weighted by molar-refractivity contribution is 0.592. The smallest absolute Gasteiger partial charge is 0.255 e. The molecule has 0 bridgehead atoms. The Labute approximate surface area is 144 Å². The van der Waals surface area contributed by atoms with Crippen molar-refractivity contribution in [1.82, 2.24) is 9.97 Å². The lowest BCUT2D eigenvalue weighted by Gasteiger charge is -2.15. The van der Waals surface area contributed by atoms with Crippen LogP contribution in [0.25, 0.3) is 22.0 Å². The Morgan fingerprint density at radius 3 is 2.58 bits per heavy atom. The highest BCUT2D eigenvalue weighted by molar-refractivity contribution is 7.89. The molecule has 0 saturated heterocycles. The molecule has 2 N–H and O–H groups in total. The molecule has 0 aliphatic heterocycles. The van der Waals surface area contributed by atoms with Gasteiger partial charge < -0.3 is 0 Å². The van der Waals surface area contributed by atoms with Gasteiger partial charge >= 0.3 is 0 Å². The van der Waals surface area contributed by atoms with Crippen LogP contribution >= 0.6 is 11.6 Å². The number of pyridine rings is 2. The van der Waals surface area contributed by atoms with E-state index in [1.54, 1.807) is 18.3 Å². The maximum absolute atomic E-state index is 12.0. The highest BCUT2D eigenvalue weighted by Gasteiger charge is 2.33. The molecule has 122 valence electrons. The first-order valence-electron chi connectivity index (χ1n) is 7.52. The van der Waals surface area contributed by atoms with E-state index >= 15 is 0 Å². The molecule has 24 heavy (non-hydrogen) atoms. The fourth-order valence-corrected chi connectivity index (χ4v) is 4.09. The molecule has 1 aliphatic rings. The van der Waals surface area contributed by atoms with Crippen LogP contribution in [-0.4, -0.2) is 18.4 Å². The van der Waals surface area contributed by atoms with Gasteiger partial charge in [-0.1, -0.05) is 23.7 Å². The molecular weight excluding hydrogens is 346 g/mol. The molecule has 2 heterocycles. The van der Waals surface area contributed by atoms with Crippen molar-refractivity contribution >= 4 is 32.5 Å². The van der Waals surface area contributed by atoms with Gasteiger partial charge in [0.15, 0.2) is 5.03 Å². The minimum atomic E-state index is -3.91. The second kappa shape index (κ2) is 5.51. The maximum atomic E-state index is 12.0. The molecule has 7 heteroatoms. The number of sulfonamides is 1. The molecule has 3 aromatic rings. The molecule has 0 unspecified atom stereocenters. The highest BCUT2D eigenvalue weighted by Crippen LogP contribution is 2.48. The summed E-state index contributed by atoms with van der Waals surface area (Å²) in [5.74, 6) is 0.136. The zero-order valence-electron chi connectivity index (χ0n) is 12.6. The third-order valence-corrected chi connectivity index (χ3v) is 5.38. The summed E-state index contributed by atoms with van der Waals surface area (Å²) in [6, 6.07) is 9.28. The van der Waals surface area contributed by atoms with Gasteiger partial charge in [0.1, 0.15) is 0 Å². The van der Waals surface area contributed by atoms with Crippen molar-refractivity contribution in [1.29, 1.82) is 0 Å². The minimum absolute atomic E-state index is 0.0634. The first kappa shape index (κ1) is 15.5. The summed E-state index contributed by atoms with van der Waals surface area (Å²) in [7, 11) is -3.91. The van der Waals surface area contributed by atoms with Crippen LogP contribution in [-0.2, 0) is 10.0 Å². The van der Waals surface area contributed by atoms with Crippen molar-refractivity contribution in [2.24, 2.45) is 5.14 Å². The Morgan fingerprint density at radius 1 is 1.08 bits per heavy atom. The number of halogens is 1. The Bertz CT molecular complexity index is 1060. The van der Waals surface area contributed by atoms with Crippen LogP contribution in [0.3, 0.4) is 0 Å². The van der Waals surface area contributed by atoms with Gasteiger partial charge in [0.2, 0.25) is 0 Å². The van der Waals surface area contributed by atoms with E-state index in [2.05, 4.69) is 9.97 Å². The van der Waals surface area contributed by atoms with Crippen molar-refractivity contribution in [3.8, 4) is 11.1 Å². The fourth-order valence-electron chi connectivity index (χ4n) is 3.04. The SMILES string of the molecule is NS(=O)(=O)c1nccc(-c2c(Cl)ccc3cccnc23)c1C1CC1. The highest BCUT2D eigenvalue weighted by atomic mass is 35.5. The Hall–Kier alpha value is -2.02. The van der Waals surface area contributed by atoms with Crippen LogP contribution in [0.5, 0.6) is 0 Å². The number of primary sulfonamides is 1. The predicted octanol–water partition coefficient (Wildman–Crippen LogP) is 3.48. The maximum Gasteiger partial charge on any atom is 0.255 e. The van der Waals surface area contributed by atoms with Crippen molar-refractivity contribution < 1.29 is 8.42 Å². The number of hydrogen-bond acceptors (Lipinski definition) is 4. The Balaban J connectivity index is 2.11. The summed E-state index contributed by atoms with van der Waals surface area (Å²) in [5, 5.41) is 6.78. The summed E-state index contributed by atoms with van der Waals surface area (Å²) >= 11 is 6.46. The van der Waals surface area contributed by atoms with Crippen LogP contribution in [0.15, 0.2) is 47.8 Å². The molecule has 0 amide bonds. The Morgan fingerprint density at radius 2 is 1.88 bits per heavy atom. The molecule has 4 rings (SSSR count). The van der Waals surface area contributed by atoms with Crippen molar-refractivity contribution in [3.63, 3.8) is 0 Å². The predicted molar refractivity (Wildman–Crippen MR) is 93.3 cm³/mol. The number of aromatic nitrogens is 2. The first-order chi connectivity index (χ1) is 11.5. The zero-order chi connectivity index (χ0) is 16.9. The second-order valence-corrected chi connectivity index (χ2v) is 7.78. The van der Waals surface area contributed by atoms with Gasteiger partial charge in [-0.15, -0.1) is 0 Å². The number of nitrogens with zero attached hydrogens (tertiary/aromatic N) is 2. The molecule has 1 fully saturated rings. The van der Waals surface area contributed by atoms with E-state index < -0.39 is 10.0 Å². The van der Waals surface area contributed by atoms with Gasteiger partial charge in [-0.3, -0.25) is 4.98 Å². The number of hydrogen-bond donors (Lipinski definition) is 1. The first-order valence-corrected chi connectivity index (χ1v) is 9.44. The van der Waals surface area contributed by atoms with Gasteiger partial charge in [-0.05, 0) is 42.5 Å². The number of benzene rings is 1. The molecule has 0 atom stereocenters. The van der Waals surface area contributed by atoms with Gasteiger partial charge in [-0.2, -0.15) is 0 Å². The molecule has 0 radical (unpaired) electrons. The van der Waals surface area contributed by atoms with Crippen LogP contribution in [0.1, 0.15) is 24.3 Å². The molecule has 0 spiro atoms. The molecule has 1 aromatic carbocycles. The normalized spacial score (nSPS) is 14.9. The topological polar surface area (TPSA) is 85.9 Å². The van der Waals surface area contributed by atoms with Gasteiger partial charge in [-0.25, -0.2) is 18.5 Å². The molecule has 5 nitrogen and oxygen atoms in total. The van der Waals surface area contributed by atoms with E-state index in [-0.39, 0.29) is 10.9 Å². The monoisotopic (exact) mass is 359 g/mol. The van der Waals surface area contributed by atoms with E-state index in [1.165, 1.54) is 6.20 Å². The zero-order valence-corrected chi connectivity index (χ0v) is 14.2. The summed E-state index contributed by atoms with van der Waals surface area (Å²) in [6.07, 6.45) is 4.98. The van der Waals surface area contributed by atoms with Gasteiger partial charge in [0.05, 0.1) is 10.5 Å². The van der Waals surface area contributed by atoms with Crippen molar-refractivity contribution in [2.45, 2.75) is 23.8 Å². The molecule has 1 aliphatic carbocycles. The minimum Gasteiger partial charge on any atom is -0.256 e. The molecule has 2 aromatic heterocycles. The summed E-state index contributed by atoms with van der Waals surface area (Å²) in [6.45, 7) is 0. The van der Waals surface area contributed by atoms with E-state index in [0.29, 0.717) is 10.6 Å². The van der Waals surface area contributed by atoms with E-state index in [4.69, 9.17) is 16.7 Å². The lowest BCUT2D eigenvalue weighted by atomic mass is 9.96. The van der Waals surface area contributed by atoms with Gasteiger partial charge in [0, 0.05) is 28.9 Å². The average molecular weight is 360 g/mol. The third kappa shape index (κ3) is 2.56. The quantitative estimate of drug-likeness (QED) is 0.775. The van der Waals surface area contributed by atoms with Crippen molar-refractivity contribution in [2.75, 3.05) is 0 Å². The van der Waals surface area contributed by atoms with Crippen LogP contribution in [0.2, 0.25) is 5.02 Å². The van der Waals surface area contributed by atoms with Gasteiger partial charge in [0.25, 0.3) is 10.0 Å². The van der Waals surface area contributed by atoms with E-state index in [1.807, 2.05) is 18.2 Å². The second-order valence-electron chi connectivity index (χ2n) is 5.89. The number of fused-ring (bicyclic) bond motifs is 1.